The van der Waals surface area contributed by atoms with Crippen molar-refractivity contribution in [2.45, 2.75) is 13.8 Å². The summed E-state index contributed by atoms with van der Waals surface area (Å²) < 4.78 is 29.7. The van der Waals surface area contributed by atoms with Crippen LogP contribution in [0.15, 0.2) is 67.1 Å². The van der Waals surface area contributed by atoms with Gasteiger partial charge in [0, 0.05) is 40.4 Å². The van der Waals surface area contributed by atoms with Crippen LogP contribution in [0, 0.1) is 17.6 Å². The van der Waals surface area contributed by atoms with Crippen LogP contribution in [0.1, 0.15) is 13.8 Å². The zero-order valence-corrected chi connectivity index (χ0v) is 20.4. The van der Waals surface area contributed by atoms with Gasteiger partial charge in [0.25, 0.3) is 0 Å². The first-order chi connectivity index (χ1) is 18.4. The minimum absolute atomic E-state index is 0.142. The number of aromatic amines is 2. The Hall–Kier alpha value is -4.99. The number of benzene rings is 2. The molecule has 3 N–H and O–H groups in total. The molecule has 0 radical (unpaired) electrons. The Morgan fingerprint density at radius 3 is 2.63 bits per heavy atom. The molecule has 0 spiro atoms. The predicted molar refractivity (Wildman–Crippen MR) is 141 cm³/mol. The summed E-state index contributed by atoms with van der Waals surface area (Å²) in [6, 6.07) is 13.1. The monoisotopic (exact) mass is 509 g/mol. The number of hydrogen-bond donors (Lipinski definition) is 3. The molecule has 0 bridgehead atoms. The van der Waals surface area contributed by atoms with Gasteiger partial charge < -0.3 is 10.3 Å². The molecule has 0 saturated heterocycles. The molecule has 0 aliphatic carbocycles. The Kier molecular flexibility index (Phi) is 5.64. The van der Waals surface area contributed by atoms with Gasteiger partial charge in [-0.2, -0.15) is 5.10 Å². The SMILES string of the molecule is CC(C)C(=O)Nc1cncc(-c2cc(F)c3n[nH]c(-c4nc5nccc(-c6ccccc6F)c5[nH]4)c3c2)c1. The van der Waals surface area contributed by atoms with Crippen LogP contribution in [0.4, 0.5) is 14.5 Å². The number of carbonyl (C=O) groups is 1. The van der Waals surface area contributed by atoms with E-state index in [-0.39, 0.29) is 23.2 Å². The molecule has 0 aliphatic rings. The Bertz CT molecular complexity index is 1840. The molecule has 6 rings (SSSR count). The summed E-state index contributed by atoms with van der Waals surface area (Å²) in [5.41, 5.74) is 4.23. The second-order valence-corrected chi connectivity index (χ2v) is 9.18. The molecule has 8 nitrogen and oxygen atoms in total. The van der Waals surface area contributed by atoms with E-state index in [1.165, 1.54) is 18.3 Å². The molecule has 0 atom stereocenters. The van der Waals surface area contributed by atoms with Crippen molar-refractivity contribution in [3.05, 3.63) is 78.8 Å². The number of nitrogens with zero attached hydrogens (tertiary/aromatic N) is 4. The highest BCUT2D eigenvalue weighted by atomic mass is 19.1. The Balaban J connectivity index is 1.45. The number of rotatable bonds is 5. The molecule has 188 valence electrons. The number of imidazole rings is 1. The second-order valence-electron chi connectivity index (χ2n) is 9.18. The lowest BCUT2D eigenvalue weighted by Gasteiger charge is -2.09. The fourth-order valence-corrected chi connectivity index (χ4v) is 4.31. The zero-order chi connectivity index (χ0) is 26.4. The molecule has 4 aromatic heterocycles. The third-order valence-electron chi connectivity index (χ3n) is 6.27. The average molecular weight is 510 g/mol. The first kappa shape index (κ1) is 23.4. The number of hydrogen-bond acceptors (Lipinski definition) is 5. The van der Waals surface area contributed by atoms with Crippen LogP contribution in [-0.2, 0) is 4.79 Å². The van der Waals surface area contributed by atoms with Gasteiger partial charge in [-0.15, -0.1) is 0 Å². The fourth-order valence-electron chi connectivity index (χ4n) is 4.31. The number of aromatic nitrogens is 6. The van der Waals surface area contributed by atoms with Crippen molar-refractivity contribution in [3.8, 4) is 33.8 Å². The summed E-state index contributed by atoms with van der Waals surface area (Å²) in [6.45, 7) is 3.59. The first-order valence-electron chi connectivity index (χ1n) is 11.9. The number of amides is 1. The molecule has 0 aliphatic heterocycles. The summed E-state index contributed by atoms with van der Waals surface area (Å²) in [5.74, 6) is -0.853. The van der Waals surface area contributed by atoms with Crippen LogP contribution in [0.3, 0.4) is 0 Å². The van der Waals surface area contributed by atoms with E-state index in [0.717, 1.165) is 0 Å². The number of H-pyrrole nitrogens is 2. The normalized spacial score (nSPS) is 11.5. The maximum absolute atomic E-state index is 15.2. The number of pyridine rings is 2. The maximum Gasteiger partial charge on any atom is 0.226 e. The average Bonchev–Trinajstić information content (AvgIpc) is 3.53. The Morgan fingerprint density at radius 1 is 0.974 bits per heavy atom. The van der Waals surface area contributed by atoms with Crippen molar-refractivity contribution >= 4 is 33.7 Å². The number of carbonyl (C=O) groups excluding carboxylic acids is 1. The van der Waals surface area contributed by atoms with Crippen LogP contribution in [-0.4, -0.2) is 36.0 Å². The van der Waals surface area contributed by atoms with Crippen LogP contribution < -0.4 is 5.32 Å². The molecule has 4 heterocycles. The lowest BCUT2D eigenvalue weighted by molar-refractivity contribution is -0.118. The van der Waals surface area contributed by atoms with Gasteiger partial charge in [0.1, 0.15) is 17.0 Å². The van der Waals surface area contributed by atoms with Crippen LogP contribution in [0.25, 0.3) is 55.8 Å². The van der Waals surface area contributed by atoms with E-state index >= 15 is 4.39 Å². The van der Waals surface area contributed by atoms with Gasteiger partial charge >= 0.3 is 0 Å². The predicted octanol–water partition coefficient (Wildman–Crippen LogP) is 6.10. The van der Waals surface area contributed by atoms with Gasteiger partial charge in [-0.1, -0.05) is 32.0 Å². The van der Waals surface area contributed by atoms with Crippen LogP contribution in [0.5, 0.6) is 0 Å². The third kappa shape index (κ3) is 4.05. The molecule has 0 unspecified atom stereocenters. The summed E-state index contributed by atoms with van der Waals surface area (Å²) in [7, 11) is 0. The highest BCUT2D eigenvalue weighted by Gasteiger charge is 2.19. The lowest BCUT2D eigenvalue weighted by Crippen LogP contribution is -2.17. The van der Waals surface area contributed by atoms with Crippen molar-refractivity contribution in [2.75, 3.05) is 5.32 Å². The van der Waals surface area contributed by atoms with Crippen LogP contribution >= 0.6 is 0 Å². The molecule has 10 heteroatoms. The zero-order valence-electron chi connectivity index (χ0n) is 20.4. The van der Waals surface area contributed by atoms with E-state index < -0.39 is 5.82 Å². The summed E-state index contributed by atoms with van der Waals surface area (Å²) >= 11 is 0. The minimum atomic E-state index is -0.530. The molecular weight excluding hydrogens is 488 g/mol. The minimum Gasteiger partial charge on any atom is -0.335 e. The van der Waals surface area contributed by atoms with Crippen molar-refractivity contribution in [1.29, 1.82) is 0 Å². The summed E-state index contributed by atoms with van der Waals surface area (Å²) in [4.78, 5) is 28.4. The smallest absolute Gasteiger partial charge is 0.226 e. The van der Waals surface area contributed by atoms with E-state index in [2.05, 4.69) is 35.5 Å². The highest BCUT2D eigenvalue weighted by molar-refractivity contribution is 5.98. The molecule has 6 aromatic rings. The van der Waals surface area contributed by atoms with E-state index in [4.69, 9.17) is 0 Å². The molecule has 2 aromatic carbocycles. The molecule has 1 amide bonds. The maximum atomic E-state index is 15.2. The molecular formula is C28H21F2N7O. The number of nitrogens with one attached hydrogen (secondary N) is 3. The van der Waals surface area contributed by atoms with Gasteiger partial charge in [-0.05, 0) is 35.9 Å². The van der Waals surface area contributed by atoms with E-state index in [1.807, 2.05) is 0 Å². The number of halogens is 2. The fraction of sp³-hybridized carbons (Fsp3) is 0.107. The van der Waals surface area contributed by atoms with E-state index in [1.54, 1.807) is 62.6 Å². The Labute approximate surface area is 215 Å². The second kappa shape index (κ2) is 9.15. The summed E-state index contributed by atoms with van der Waals surface area (Å²) in [5, 5.41) is 10.3. The van der Waals surface area contributed by atoms with Gasteiger partial charge in [-0.3, -0.25) is 14.9 Å². The van der Waals surface area contributed by atoms with Crippen molar-refractivity contribution < 1.29 is 13.6 Å². The highest BCUT2D eigenvalue weighted by Crippen LogP contribution is 2.34. The van der Waals surface area contributed by atoms with Gasteiger partial charge in [0.15, 0.2) is 17.3 Å². The summed E-state index contributed by atoms with van der Waals surface area (Å²) in [6.07, 6.45) is 4.70. The first-order valence-corrected chi connectivity index (χ1v) is 11.9. The number of fused-ring (bicyclic) bond motifs is 2. The standard InChI is InChI=1S/C28H21F2N7O/c1-14(2)28(38)33-17-9-16(12-31-13-17)15-10-20-23(22(30)11-15)36-37-25(20)27-34-24-19(7-8-32-26(24)35-27)18-5-3-4-6-21(18)29/h3-14H,1-2H3,(H,33,38)(H,36,37)(H,32,34,35). The van der Waals surface area contributed by atoms with E-state index in [9.17, 15) is 9.18 Å². The Morgan fingerprint density at radius 2 is 1.82 bits per heavy atom. The topological polar surface area (TPSA) is 112 Å². The number of anilines is 1. The van der Waals surface area contributed by atoms with Gasteiger partial charge in [0.2, 0.25) is 5.91 Å². The quantitative estimate of drug-likeness (QED) is 0.260. The van der Waals surface area contributed by atoms with E-state index in [0.29, 0.717) is 56.0 Å². The van der Waals surface area contributed by atoms with Gasteiger partial charge in [0.05, 0.1) is 17.4 Å². The van der Waals surface area contributed by atoms with Crippen molar-refractivity contribution in [3.63, 3.8) is 0 Å². The molecule has 38 heavy (non-hydrogen) atoms. The third-order valence-corrected chi connectivity index (χ3v) is 6.27. The molecule has 0 fully saturated rings. The van der Waals surface area contributed by atoms with Crippen molar-refractivity contribution in [1.82, 2.24) is 30.1 Å². The molecule has 0 saturated carbocycles. The van der Waals surface area contributed by atoms with Crippen LogP contribution in [0.2, 0.25) is 0 Å². The van der Waals surface area contributed by atoms with Gasteiger partial charge in [-0.25, -0.2) is 18.7 Å². The van der Waals surface area contributed by atoms with Crippen molar-refractivity contribution in [2.24, 2.45) is 5.92 Å². The lowest BCUT2D eigenvalue weighted by atomic mass is 10.0. The largest absolute Gasteiger partial charge is 0.335 e.